The Bertz CT molecular complexity index is 781. The van der Waals surface area contributed by atoms with Gasteiger partial charge < -0.3 is 14.8 Å². The van der Waals surface area contributed by atoms with Crippen LogP contribution in [0.25, 0.3) is 11.1 Å². The monoisotopic (exact) mass is 325 g/mol. The molecule has 3 rings (SSSR count). The summed E-state index contributed by atoms with van der Waals surface area (Å²) in [6.45, 7) is 7.45. The predicted molar refractivity (Wildman–Crippen MR) is 94.7 cm³/mol. The molecule has 0 aliphatic carbocycles. The fourth-order valence-corrected chi connectivity index (χ4v) is 2.94. The number of hydrogen-bond acceptors (Lipinski definition) is 3. The van der Waals surface area contributed by atoms with Crippen molar-refractivity contribution in [2.45, 2.75) is 27.3 Å². The Hall–Kier alpha value is -2.49. The highest BCUT2D eigenvalue weighted by Gasteiger charge is 2.21. The molecule has 1 aliphatic heterocycles. The summed E-state index contributed by atoms with van der Waals surface area (Å²) in [6, 6.07) is 9.99. The summed E-state index contributed by atoms with van der Waals surface area (Å²) >= 11 is 0. The Morgan fingerprint density at radius 2 is 1.88 bits per heavy atom. The smallest absolute Gasteiger partial charge is 0.251 e. The lowest BCUT2D eigenvalue weighted by Crippen LogP contribution is -2.12. The van der Waals surface area contributed by atoms with Crippen molar-refractivity contribution in [3.8, 4) is 22.6 Å². The van der Waals surface area contributed by atoms with Gasteiger partial charge in [0, 0.05) is 17.7 Å². The molecule has 0 saturated carbocycles. The number of fused-ring (bicyclic) bond motifs is 1. The van der Waals surface area contributed by atoms with Gasteiger partial charge in [-0.05, 0) is 41.7 Å². The van der Waals surface area contributed by atoms with Crippen molar-refractivity contribution in [1.82, 2.24) is 5.32 Å². The molecule has 24 heavy (non-hydrogen) atoms. The van der Waals surface area contributed by atoms with Crippen LogP contribution in [-0.4, -0.2) is 19.6 Å². The minimum Gasteiger partial charge on any atom is -0.493 e. The molecule has 4 nitrogen and oxygen atoms in total. The Labute approximate surface area is 142 Å². The first-order valence-electron chi connectivity index (χ1n) is 8.23. The highest BCUT2D eigenvalue weighted by Crippen LogP contribution is 2.41. The van der Waals surface area contributed by atoms with Gasteiger partial charge in [0.2, 0.25) is 0 Å². The molecule has 1 aliphatic rings. The maximum Gasteiger partial charge on any atom is 0.251 e. The second-order valence-corrected chi connectivity index (χ2v) is 6.55. The molecule has 0 radical (unpaired) electrons. The van der Waals surface area contributed by atoms with Gasteiger partial charge in [-0.25, -0.2) is 0 Å². The van der Waals surface area contributed by atoms with Crippen molar-refractivity contribution in [2.75, 3.05) is 13.7 Å². The molecule has 0 spiro atoms. The van der Waals surface area contributed by atoms with Gasteiger partial charge in [0.15, 0.2) is 11.5 Å². The second-order valence-electron chi connectivity index (χ2n) is 6.55. The van der Waals surface area contributed by atoms with Gasteiger partial charge in [-0.1, -0.05) is 32.0 Å². The number of methoxy groups -OCH3 is 1. The number of rotatable bonds is 5. The average Bonchev–Trinajstić information content (AvgIpc) is 2.93. The number of benzene rings is 2. The van der Waals surface area contributed by atoms with Crippen LogP contribution < -0.4 is 14.8 Å². The Kier molecular flexibility index (Phi) is 4.47. The third kappa shape index (κ3) is 2.96. The lowest BCUT2D eigenvalue weighted by molar-refractivity contribution is 0.0966. The summed E-state index contributed by atoms with van der Waals surface area (Å²) in [5.41, 5.74) is 4.83. The van der Waals surface area contributed by atoms with Crippen molar-refractivity contribution in [3.63, 3.8) is 0 Å². The highest BCUT2D eigenvalue weighted by atomic mass is 16.5. The van der Waals surface area contributed by atoms with Gasteiger partial charge in [-0.2, -0.15) is 0 Å². The van der Waals surface area contributed by atoms with Crippen LogP contribution in [0, 0.1) is 12.8 Å². The van der Waals surface area contributed by atoms with Gasteiger partial charge >= 0.3 is 0 Å². The van der Waals surface area contributed by atoms with E-state index >= 15 is 0 Å². The minimum absolute atomic E-state index is 0.00526. The van der Waals surface area contributed by atoms with Crippen LogP contribution in [0.5, 0.6) is 11.5 Å². The van der Waals surface area contributed by atoms with E-state index < -0.39 is 0 Å². The summed E-state index contributed by atoms with van der Waals surface area (Å²) < 4.78 is 11.7. The molecular formula is C20H23NO3. The Morgan fingerprint density at radius 3 is 2.58 bits per heavy atom. The van der Waals surface area contributed by atoms with Crippen molar-refractivity contribution in [3.05, 3.63) is 47.0 Å². The van der Waals surface area contributed by atoms with Crippen molar-refractivity contribution in [1.29, 1.82) is 0 Å². The SMILES string of the molecule is COc1c(C)ccc(-c2ccc3c(c2)CNC3=O)c1OCC(C)C. The molecule has 0 fully saturated rings. The average molecular weight is 325 g/mol. The molecule has 0 unspecified atom stereocenters. The van der Waals surface area contributed by atoms with E-state index in [0.717, 1.165) is 39.3 Å². The summed E-state index contributed by atoms with van der Waals surface area (Å²) in [5.74, 6) is 1.95. The molecule has 1 heterocycles. The zero-order chi connectivity index (χ0) is 17.3. The maximum absolute atomic E-state index is 11.7. The summed E-state index contributed by atoms with van der Waals surface area (Å²) in [7, 11) is 1.67. The number of carbonyl (C=O) groups excluding carboxylic acids is 1. The van der Waals surface area contributed by atoms with E-state index in [1.165, 1.54) is 0 Å². The molecule has 1 amide bonds. The zero-order valence-corrected chi connectivity index (χ0v) is 14.6. The minimum atomic E-state index is -0.00526. The van der Waals surface area contributed by atoms with E-state index in [9.17, 15) is 4.79 Å². The van der Waals surface area contributed by atoms with E-state index in [2.05, 4.69) is 31.3 Å². The first kappa shape index (κ1) is 16.4. The first-order valence-corrected chi connectivity index (χ1v) is 8.23. The first-order chi connectivity index (χ1) is 11.5. The molecule has 0 saturated heterocycles. The molecular weight excluding hydrogens is 302 g/mol. The maximum atomic E-state index is 11.7. The summed E-state index contributed by atoms with van der Waals surface area (Å²) in [6.07, 6.45) is 0. The van der Waals surface area contributed by atoms with E-state index in [4.69, 9.17) is 9.47 Å². The number of ether oxygens (including phenoxy) is 2. The van der Waals surface area contributed by atoms with Gasteiger partial charge in [-0.3, -0.25) is 4.79 Å². The highest BCUT2D eigenvalue weighted by molar-refractivity contribution is 5.99. The van der Waals surface area contributed by atoms with Crippen LogP contribution in [0.15, 0.2) is 30.3 Å². The summed E-state index contributed by atoms with van der Waals surface area (Å²) in [4.78, 5) is 11.7. The van der Waals surface area contributed by atoms with Crippen LogP contribution in [0.1, 0.15) is 35.3 Å². The zero-order valence-electron chi connectivity index (χ0n) is 14.6. The molecule has 4 heteroatoms. The van der Waals surface area contributed by atoms with E-state index in [1.807, 2.05) is 25.1 Å². The van der Waals surface area contributed by atoms with Crippen LogP contribution in [-0.2, 0) is 6.54 Å². The predicted octanol–water partition coefficient (Wildman–Crippen LogP) is 3.95. The Morgan fingerprint density at radius 1 is 1.12 bits per heavy atom. The van der Waals surface area contributed by atoms with Crippen molar-refractivity contribution in [2.24, 2.45) is 5.92 Å². The van der Waals surface area contributed by atoms with Crippen LogP contribution in [0.4, 0.5) is 0 Å². The van der Waals surface area contributed by atoms with Gasteiger partial charge in [0.1, 0.15) is 0 Å². The standard InChI is InChI=1S/C20H23NO3/c1-12(2)11-24-19-16(7-5-13(3)18(19)23-4)14-6-8-17-15(9-14)10-21-20(17)22/h5-9,12H,10-11H2,1-4H3,(H,21,22). The van der Waals surface area contributed by atoms with Crippen molar-refractivity contribution < 1.29 is 14.3 Å². The third-order valence-electron chi connectivity index (χ3n) is 4.17. The fourth-order valence-electron chi connectivity index (χ4n) is 2.94. The van der Waals surface area contributed by atoms with E-state index in [1.54, 1.807) is 7.11 Å². The summed E-state index contributed by atoms with van der Waals surface area (Å²) in [5, 5.41) is 2.86. The number of nitrogens with one attached hydrogen (secondary N) is 1. The number of carbonyl (C=O) groups is 1. The van der Waals surface area contributed by atoms with Gasteiger partial charge in [-0.15, -0.1) is 0 Å². The number of aryl methyl sites for hydroxylation is 1. The normalized spacial score (nSPS) is 13.0. The third-order valence-corrected chi connectivity index (χ3v) is 4.17. The van der Waals surface area contributed by atoms with Gasteiger partial charge in [0.25, 0.3) is 5.91 Å². The van der Waals surface area contributed by atoms with Gasteiger partial charge in [0.05, 0.1) is 13.7 Å². The second kappa shape index (κ2) is 6.56. The van der Waals surface area contributed by atoms with E-state index in [0.29, 0.717) is 19.1 Å². The van der Waals surface area contributed by atoms with Crippen LogP contribution >= 0.6 is 0 Å². The van der Waals surface area contributed by atoms with E-state index in [-0.39, 0.29) is 5.91 Å². The molecule has 126 valence electrons. The van der Waals surface area contributed by atoms with Crippen LogP contribution in [0.2, 0.25) is 0 Å². The largest absolute Gasteiger partial charge is 0.493 e. The molecule has 0 aromatic heterocycles. The van der Waals surface area contributed by atoms with Crippen LogP contribution in [0.3, 0.4) is 0 Å². The number of amides is 1. The quantitative estimate of drug-likeness (QED) is 0.905. The topological polar surface area (TPSA) is 47.6 Å². The lowest BCUT2D eigenvalue weighted by atomic mass is 9.98. The molecule has 2 aromatic rings. The van der Waals surface area contributed by atoms with Crippen molar-refractivity contribution >= 4 is 5.91 Å². The Balaban J connectivity index is 2.08. The fraction of sp³-hybridized carbons (Fsp3) is 0.350. The lowest BCUT2D eigenvalue weighted by Gasteiger charge is -2.18. The molecule has 1 N–H and O–H groups in total. The molecule has 2 aromatic carbocycles. The molecule has 0 bridgehead atoms. The number of hydrogen-bond donors (Lipinski definition) is 1. The molecule has 0 atom stereocenters.